The van der Waals surface area contributed by atoms with Crippen LogP contribution in [0.1, 0.15) is 36.9 Å². The number of nitrogens with zero attached hydrogens (tertiary/aromatic N) is 3. The highest BCUT2D eigenvalue weighted by molar-refractivity contribution is 5.99. The molecule has 1 amide bonds. The molecule has 0 aliphatic carbocycles. The number of aliphatic hydroxyl groups is 1. The van der Waals surface area contributed by atoms with E-state index in [4.69, 9.17) is 14.7 Å². The first-order valence-corrected chi connectivity index (χ1v) is 9.87. The largest absolute Gasteiger partial charge is 0.460 e. The Bertz CT molecular complexity index is 1030. The van der Waals surface area contributed by atoms with E-state index in [1.54, 1.807) is 24.3 Å². The number of halogens is 1. The average molecular weight is 428 g/mol. The normalized spacial score (nSPS) is 22.6. The number of aliphatic hydroxyl groups excluding tert-OH is 1. The van der Waals surface area contributed by atoms with Gasteiger partial charge >= 0.3 is 5.97 Å². The third kappa shape index (κ3) is 4.53. The summed E-state index contributed by atoms with van der Waals surface area (Å²) < 4.78 is 20.1. The lowest BCUT2D eigenvalue weighted by Gasteiger charge is -2.10. The third-order valence-electron chi connectivity index (χ3n) is 5.21. The number of aromatic nitrogens is 2. The molecule has 2 N–H and O–H groups in total. The number of hydrogen-bond acceptors (Lipinski definition) is 8. The molecule has 2 aliphatic rings. The molecule has 1 saturated heterocycles. The maximum atomic E-state index is 14.8. The lowest BCUT2D eigenvalue weighted by molar-refractivity contribution is -0.142. The van der Waals surface area contributed by atoms with Gasteiger partial charge in [0.1, 0.15) is 23.3 Å². The van der Waals surface area contributed by atoms with Gasteiger partial charge in [-0.15, -0.1) is 10.2 Å². The van der Waals surface area contributed by atoms with Crippen LogP contribution >= 0.6 is 0 Å². The van der Waals surface area contributed by atoms with Gasteiger partial charge in [-0.2, -0.15) is 0 Å². The van der Waals surface area contributed by atoms with Crippen LogP contribution in [0.25, 0.3) is 11.3 Å². The Morgan fingerprint density at radius 1 is 1.23 bits per heavy atom. The molecule has 162 valence electrons. The van der Waals surface area contributed by atoms with Crippen molar-refractivity contribution in [1.82, 2.24) is 15.5 Å². The quantitative estimate of drug-likeness (QED) is 0.665. The van der Waals surface area contributed by atoms with Crippen LogP contribution in [0.2, 0.25) is 0 Å². The van der Waals surface area contributed by atoms with Gasteiger partial charge in [0.05, 0.1) is 24.8 Å². The fourth-order valence-electron chi connectivity index (χ4n) is 3.57. The standard InChI is InChI=1S/C21H21FN4O5/c1-11(28)23-9-13-7-16(21(29)30-13)12-2-3-15(17(22)6-12)18-4-5-19(25-24-18)20-8-14(10-27)31-26-20/h2-6,13-14,16,27H,7-10H2,1H3,(H,23,28). The summed E-state index contributed by atoms with van der Waals surface area (Å²) in [5.41, 5.74) is 2.16. The van der Waals surface area contributed by atoms with Crippen molar-refractivity contribution in [3.8, 4) is 11.3 Å². The number of ether oxygens (including phenoxy) is 1. The monoisotopic (exact) mass is 428 g/mol. The second kappa shape index (κ2) is 8.76. The summed E-state index contributed by atoms with van der Waals surface area (Å²) in [7, 11) is 0. The SMILES string of the molecule is CC(=O)NCC1CC(c2ccc(-c3ccc(C4=NOC(CO)C4)nn3)c(F)c2)C(=O)O1. The molecule has 3 atom stereocenters. The second-order valence-electron chi connectivity index (χ2n) is 7.48. The summed E-state index contributed by atoms with van der Waals surface area (Å²) in [6.07, 6.45) is -0.0311. The molecule has 0 radical (unpaired) electrons. The number of esters is 1. The highest BCUT2D eigenvalue weighted by atomic mass is 19.1. The van der Waals surface area contributed by atoms with Crippen molar-refractivity contribution in [3.05, 3.63) is 47.4 Å². The lowest BCUT2D eigenvalue weighted by Crippen LogP contribution is -2.30. The Labute approximate surface area is 177 Å². The molecule has 2 aliphatic heterocycles. The summed E-state index contributed by atoms with van der Waals surface area (Å²) in [5.74, 6) is -1.76. The van der Waals surface area contributed by atoms with E-state index in [-0.39, 0.29) is 30.7 Å². The van der Waals surface area contributed by atoms with Crippen LogP contribution in [0.4, 0.5) is 4.39 Å². The minimum Gasteiger partial charge on any atom is -0.460 e. The number of amides is 1. The summed E-state index contributed by atoms with van der Waals surface area (Å²) in [5, 5.41) is 23.8. The number of cyclic esters (lactones) is 1. The average Bonchev–Trinajstić information content (AvgIpc) is 3.39. The first-order valence-electron chi connectivity index (χ1n) is 9.87. The summed E-state index contributed by atoms with van der Waals surface area (Å²) in [6, 6.07) is 7.82. The minimum absolute atomic E-state index is 0.140. The molecule has 0 saturated carbocycles. The molecule has 10 heteroatoms. The maximum Gasteiger partial charge on any atom is 0.313 e. The zero-order valence-corrected chi connectivity index (χ0v) is 16.7. The summed E-state index contributed by atoms with van der Waals surface area (Å²) in [4.78, 5) is 28.3. The number of carbonyl (C=O) groups is 2. The van der Waals surface area contributed by atoms with Crippen LogP contribution in [0.5, 0.6) is 0 Å². The van der Waals surface area contributed by atoms with Gasteiger partial charge in [0.25, 0.3) is 0 Å². The number of hydrogen-bond donors (Lipinski definition) is 2. The predicted molar refractivity (Wildman–Crippen MR) is 106 cm³/mol. The molecule has 31 heavy (non-hydrogen) atoms. The van der Waals surface area contributed by atoms with E-state index in [1.165, 1.54) is 13.0 Å². The molecule has 1 aromatic heterocycles. The van der Waals surface area contributed by atoms with Gasteiger partial charge in [-0.25, -0.2) is 4.39 Å². The van der Waals surface area contributed by atoms with Gasteiger partial charge in [0.2, 0.25) is 5.91 Å². The first-order chi connectivity index (χ1) is 14.9. The van der Waals surface area contributed by atoms with Gasteiger partial charge < -0.3 is 20.0 Å². The van der Waals surface area contributed by atoms with Gasteiger partial charge in [0.15, 0.2) is 6.10 Å². The number of carbonyl (C=O) groups excluding carboxylic acids is 2. The highest BCUT2D eigenvalue weighted by Crippen LogP contribution is 2.33. The van der Waals surface area contributed by atoms with E-state index < -0.39 is 23.8 Å². The van der Waals surface area contributed by atoms with Gasteiger partial charge in [-0.1, -0.05) is 11.2 Å². The van der Waals surface area contributed by atoms with Gasteiger partial charge in [-0.05, 0) is 29.8 Å². The zero-order chi connectivity index (χ0) is 22.0. The number of oxime groups is 1. The Morgan fingerprint density at radius 2 is 2.00 bits per heavy atom. The number of benzene rings is 1. The molecule has 0 spiro atoms. The Kier molecular flexibility index (Phi) is 5.90. The fourth-order valence-corrected chi connectivity index (χ4v) is 3.57. The molecule has 2 aromatic rings. The van der Waals surface area contributed by atoms with Crippen LogP contribution in [0.15, 0.2) is 35.5 Å². The van der Waals surface area contributed by atoms with Gasteiger partial charge in [-0.3, -0.25) is 9.59 Å². The molecule has 9 nitrogen and oxygen atoms in total. The van der Waals surface area contributed by atoms with Crippen LogP contribution in [0.3, 0.4) is 0 Å². The second-order valence-corrected chi connectivity index (χ2v) is 7.48. The van der Waals surface area contributed by atoms with Crippen molar-refractivity contribution in [2.45, 2.75) is 37.9 Å². The van der Waals surface area contributed by atoms with Crippen LogP contribution in [-0.2, 0) is 19.2 Å². The summed E-state index contributed by atoms with van der Waals surface area (Å²) >= 11 is 0. The molecule has 3 heterocycles. The molecular formula is C21H21FN4O5. The van der Waals surface area contributed by atoms with Crippen molar-refractivity contribution in [3.63, 3.8) is 0 Å². The summed E-state index contributed by atoms with van der Waals surface area (Å²) in [6.45, 7) is 1.48. The van der Waals surface area contributed by atoms with Crippen molar-refractivity contribution >= 4 is 17.6 Å². The van der Waals surface area contributed by atoms with E-state index in [0.717, 1.165) is 0 Å². The third-order valence-corrected chi connectivity index (χ3v) is 5.21. The van der Waals surface area contributed by atoms with Crippen molar-refractivity contribution in [1.29, 1.82) is 0 Å². The Morgan fingerprint density at radius 3 is 2.65 bits per heavy atom. The molecular weight excluding hydrogens is 407 g/mol. The molecule has 1 fully saturated rings. The fraction of sp³-hybridized carbons (Fsp3) is 0.381. The highest BCUT2D eigenvalue weighted by Gasteiger charge is 2.36. The van der Waals surface area contributed by atoms with Crippen molar-refractivity contribution in [2.24, 2.45) is 5.16 Å². The Hall–Kier alpha value is -3.40. The van der Waals surface area contributed by atoms with E-state index in [0.29, 0.717) is 35.5 Å². The van der Waals surface area contributed by atoms with Crippen LogP contribution < -0.4 is 5.32 Å². The van der Waals surface area contributed by atoms with E-state index >= 15 is 0 Å². The lowest BCUT2D eigenvalue weighted by atomic mass is 9.94. The van der Waals surface area contributed by atoms with Crippen LogP contribution in [0, 0.1) is 5.82 Å². The predicted octanol–water partition coefficient (Wildman–Crippen LogP) is 1.30. The number of rotatable bonds is 6. The van der Waals surface area contributed by atoms with Crippen LogP contribution in [-0.4, -0.2) is 58.3 Å². The Balaban J connectivity index is 1.47. The smallest absolute Gasteiger partial charge is 0.313 e. The zero-order valence-electron chi connectivity index (χ0n) is 16.7. The maximum absolute atomic E-state index is 14.8. The topological polar surface area (TPSA) is 123 Å². The minimum atomic E-state index is -0.587. The van der Waals surface area contributed by atoms with E-state index in [9.17, 15) is 14.0 Å². The number of nitrogens with one attached hydrogen (secondary N) is 1. The molecule has 0 bridgehead atoms. The molecule has 3 unspecified atom stereocenters. The molecule has 4 rings (SSSR count). The van der Waals surface area contributed by atoms with Crippen molar-refractivity contribution in [2.75, 3.05) is 13.2 Å². The van der Waals surface area contributed by atoms with E-state index in [2.05, 4.69) is 20.7 Å². The van der Waals surface area contributed by atoms with E-state index in [1.807, 2.05) is 0 Å². The van der Waals surface area contributed by atoms with Gasteiger partial charge in [0, 0.05) is 25.3 Å². The molecule has 1 aromatic carbocycles. The van der Waals surface area contributed by atoms with Crippen molar-refractivity contribution < 1.29 is 28.7 Å². The first kappa shape index (κ1) is 20.9.